The van der Waals surface area contributed by atoms with Crippen molar-refractivity contribution in [3.8, 4) is 0 Å². The van der Waals surface area contributed by atoms with Gasteiger partial charge in [0.25, 0.3) is 0 Å². The average molecular weight is 211 g/mol. The van der Waals surface area contributed by atoms with Gasteiger partial charge in [-0.25, -0.2) is 0 Å². The molecule has 1 aliphatic rings. The van der Waals surface area contributed by atoms with Gasteiger partial charge in [0, 0.05) is 13.0 Å². The zero-order valence-electron chi connectivity index (χ0n) is 9.63. The molecule has 1 saturated heterocycles. The highest BCUT2D eigenvalue weighted by Gasteiger charge is 2.09. The molecular weight excluding hydrogens is 188 g/mol. The third-order valence-corrected chi connectivity index (χ3v) is 2.83. The zero-order chi connectivity index (χ0) is 10.9. The predicted octanol–water partition coefficient (Wildman–Crippen LogP) is 1.59. The second kappa shape index (κ2) is 7.69. The Bertz CT molecular complexity index is 176. The van der Waals surface area contributed by atoms with Crippen LogP contribution in [0.15, 0.2) is 0 Å². The first kappa shape index (κ1) is 12.5. The van der Waals surface area contributed by atoms with E-state index in [0.717, 1.165) is 19.4 Å². The molecule has 1 amide bonds. The highest BCUT2D eigenvalue weighted by Crippen LogP contribution is 2.09. The number of hydrogen-bond donors (Lipinski definition) is 1. The Labute approximate surface area is 93.2 Å². The minimum absolute atomic E-state index is 0.177. The number of likely N-dealkylation sites (tertiary alicyclic amines) is 1. The fourth-order valence-corrected chi connectivity index (χ4v) is 1.96. The van der Waals surface area contributed by atoms with Crippen LogP contribution in [0.5, 0.6) is 0 Å². The molecule has 0 saturated carbocycles. The molecule has 1 heterocycles. The molecule has 0 aliphatic carbocycles. The molecule has 0 spiro atoms. The molecule has 1 fully saturated rings. The van der Waals surface area contributed by atoms with Crippen LogP contribution in [0.25, 0.3) is 0 Å². The molecule has 0 unspecified atom stereocenters. The summed E-state index contributed by atoms with van der Waals surface area (Å²) in [5.41, 5.74) is 0. The lowest BCUT2D eigenvalue weighted by Gasteiger charge is -2.26. The molecule has 0 atom stereocenters. The lowest BCUT2D eigenvalue weighted by Crippen LogP contribution is -2.31. The Balaban J connectivity index is 1.97. The van der Waals surface area contributed by atoms with Crippen molar-refractivity contribution >= 4 is 5.91 Å². The first-order valence-corrected chi connectivity index (χ1v) is 6.11. The van der Waals surface area contributed by atoms with Crippen molar-refractivity contribution in [1.82, 2.24) is 10.2 Å². The van der Waals surface area contributed by atoms with E-state index in [2.05, 4.69) is 17.1 Å². The second-order valence-corrected chi connectivity index (χ2v) is 4.21. The predicted molar refractivity (Wildman–Crippen MR) is 62.5 cm³/mol. The molecule has 1 rings (SSSR count). The second-order valence-electron chi connectivity index (χ2n) is 4.21. The van der Waals surface area contributed by atoms with E-state index in [4.69, 9.17) is 0 Å². The summed E-state index contributed by atoms with van der Waals surface area (Å²) in [6.45, 7) is 7.93. The van der Waals surface area contributed by atoms with Crippen LogP contribution in [-0.2, 0) is 4.79 Å². The van der Waals surface area contributed by atoms with E-state index in [0.29, 0.717) is 13.0 Å². The minimum atomic E-state index is 0.177. The van der Waals surface area contributed by atoms with Gasteiger partial charge in [0.1, 0.15) is 0 Å². The summed E-state index contributed by atoms with van der Waals surface area (Å²) in [6, 6.07) is 0. The maximum absolute atomic E-state index is 11.3. The van der Waals surface area contributed by atoms with Gasteiger partial charge < -0.3 is 10.2 Å². The van der Waals surface area contributed by atoms with Gasteiger partial charge in [-0.1, -0.05) is 13.3 Å². The van der Waals surface area contributed by atoms with Gasteiger partial charge >= 0.3 is 0 Å². The van der Waals surface area contributed by atoms with Gasteiger partial charge in [-0.3, -0.25) is 4.79 Å². The summed E-state index contributed by atoms with van der Waals surface area (Å²) < 4.78 is 0. The summed E-state index contributed by atoms with van der Waals surface area (Å²) in [6.07, 6.45) is 6.46. The molecule has 0 aromatic carbocycles. The maximum Gasteiger partial charge on any atom is 0.220 e. The maximum atomic E-state index is 11.3. The zero-order valence-corrected chi connectivity index (χ0v) is 9.63. The molecule has 1 aliphatic heterocycles. The van der Waals surface area contributed by atoms with Crippen LogP contribution in [0.3, 0.4) is 0 Å². The Morgan fingerprint density at radius 3 is 2.67 bits per heavy atom. The molecule has 3 nitrogen and oxygen atoms in total. The van der Waals surface area contributed by atoms with Gasteiger partial charge in [-0.2, -0.15) is 0 Å². The van der Waals surface area contributed by atoms with Gasteiger partial charge in [0.05, 0.1) is 0 Å². The van der Waals surface area contributed by atoms with E-state index in [9.17, 15) is 4.79 Å². The van der Waals surface area contributed by atoms with Crippen molar-refractivity contribution in [3.63, 3.8) is 0 Å². The van der Waals surface area contributed by atoms with Crippen molar-refractivity contribution in [2.45, 2.75) is 38.5 Å². The fourth-order valence-electron chi connectivity index (χ4n) is 1.96. The van der Waals surface area contributed by atoms with Crippen molar-refractivity contribution in [2.24, 2.45) is 0 Å². The summed E-state index contributed by atoms with van der Waals surface area (Å²) in [5, 5.41) is 2.85. The van der Waals surface area contributed by atoms with Gasteiger partial charge in [-0.15, -0.1) is 0 Å². The highest BCUT2D eigenvalue weighted by atomic mass is 16.1. The SMILES string of the molecule is [CH2]CCNC(=O)CCCN1CCCCC1. The van der Waals surface area contributed by atoms with Crippen LogP contribution in [0.1, 0.15) is 38.5 Å². The smallest absolute Gasteiger partial charge is 0.220 e. The quantitative estimate of drug-likeness (QED) is 0.723. The molecule has 15 heavy (non-hydrogen) atoms. The number of nitrogens with one attached hydrogen (secondary N) is 1. The number of carbonyl (C=O) groups is 1. The van der Waals surface area contributed by atoms with Gasteiger partial charge in [-0.05, 0) is 45.3 Å². The Kier molecular flexibility index (Phi) is 6.41. The van der Waals surface area contributed by atoms with E-state index >= 15 is 0 Å². The Morgan fingerprint density at radius 2 is 2.00 bits per heavy atom. The van der Waals surface area contributed by atoms with Crippen LogP contribution in [0, 0.1) is 6.92 Å². The first-order chi connectivity index (χ1) is 7.33. The summed E-state index contributed by atoms with van der Waals surface area (Å²) in [7, 11) is 0. The molecule has 0 bridgehead atoms. The molecule has 1 N–H and O–H groups in total. The lowest BCUT2D eigenvalue weighted by molar-refractivity contribution is -0.121. The molecule has 0 aromatic rings. The number of amides is 1. The molecular formula is C12H23N2O. The largest absolute Gasteiger partial charge is 0.356 e. The third-order valence-electron chi connectivity index (χ3n) is 2.83. The standard InChI is InChI=1S/C12H23N2O/c1-2-8-13-12(15)7-6-11-14-9-4-3-5-10-14/h1-11H2,(H,13,15). The van der Waals surface area contributed by atoms with Crippen LogP contribution in [-0.4, -0.2) is 37.0 Å². The van der Waals surface area contributed by atoms with Crippen LogP contribution < -0.4 is 5.32 Å². The van der Waals surface area contributed by atoms with Crippen molar-refractivity contribution < 1.29 is 4.79 Å². The van der Waals surface area contributed by atoms with Gasteiger partial charge in [0.2, 0.25) is 5.91 Å². The highest BCUT2D eigenvalue weighted by molar-refractivity contribution is 5.75. The molecule has 3 heteroatoms. The van der Waals surface area contributed by atoms with Gasteiger partial charge in [0.15, 0.2) is 0 Å². The fraction of sp³-hybridized carbons (Fsp3) is 0.833. The summed E-state index contributed by atoms with van der Waals surface area (Å²) in [5.74, 6) is 0.177. The summed E-state index contributed by atoms with van der Waals surface area (Å²) >= 11 is 0. The number of nitrogens with zero attached hydrogens (tertiary/aromatic N) is 1. The number of hydrogen-bond acceptors (Lipinski definition) is 2. The lowest BCUT2D eigenvalue weighted by atomic mass is 10.1. The topological polar surface area (TPSA) is 32.3 Å². The average Bonchev–Trinajstić information content (AvgIpc) is 2.28. The van der Waals surface area contributed by atoms with Crippen molar-refractivity contribution in [1.29, 1.82) is 0 Å². The molecule has 87 valence electrons. The van der Waals surface area contributed by atoms with E-state index in [1.807, 2.05) is 0 Å². The Hall–Kier alpha value is -0.570. The van der Waals surface area contributed by atoms with Crippen molar-refractivity contribution in [2.75, 3.05) is 26.2 Å². The molecule has 1 radical (unpaired) electrons. The number of piperidine rings is 1. The first-order valence-electron chi connectivity index (χ1n) is 6.11. The Morgan fingerprint density at radius 1 is 1.27 bits per heavy atom. The third kappa shape index (κ3) is 5.78. The van der Waals surface area contributed by atoms with E-state index in [1.165, 1.54) is 32.4 Å². The van der Waals surface area contributed by atoms with Crippen molar-refractivity contribution in [3.05, 3.63) is 6.92 Å². The van der Waals surface area contributed by atoms with Crippen LogP contribution in [0.2, 0.25) is 0 Å². The monoisotopic (exact) mass is 211 g/mol. The van der Waals surface area contributed by atoms with Crippen LogP contribution in [0.4, 0.5) is 0 Å². The van der Waals surface area contributed by atoms with E-state index < -0.39 is 0 Å². The normalized spacial score (nSPS) is 17.7. The number of rotatable bonds is 6. The summed E-state index contributed by atoms with van der Waals surface area (Å²) in [4.78, 5) is 13.8. The minimum Gasteiger partial charge on any atom is -0.356 e. The van der Waals surface area contributed by atoms with E-state index in [1.54, 1.807) is 0 Å². The van der Waals surface area contributed by atoms with Crippen LogP contribution >= 0.6 is 0 Å². The molecule has 0 aromatic heterocycles. The van der Waals surface area contributed by atoms with E-state index in [-0.39, 0.29) is 5.91 Å². The number of carbonyl (C=O) groups excluding carboxylic acids is 1.